The van der Waals surface area contributed by atoms with Crippen LogP contribution in [-0.4, -0.2) is 10.9 Å². The molecule has 0 radical (unpaired) electrons. The molecule has 3 rings (SSSR count). The van der Waals surface area contributed by atoms with Crippen LogP contribution in [0.25, 0.3) is 10.9 Å². The lowest BCUT2D eigenvalue weighted by molar-refractivity contribution is -0.125. The zero-order valence-corrected chi connectivity index (χ0v) is 17.2. The maximum Gasteiger partial charge on any atom is 0.230 e. The SMILES string of the molecule is Cc1nc2c(F)cccc2cc1NC(=O)[C@](C)(Cc1cccc(F)c1)CC(C)C. The van der Waals surface area contributed by atoms with Crippen molar-refractivity contribution in [1.29, 1.82) is 0 Å². The molecule has 1 atom stereocenters. The molecule has 0 aliphatic carbocycles. The second-order valence-electron chi connectivity index (χ2n) is 8.35. The fourth-order valence-electron chi connectivity index (χ4n) is 3.90. The third-order valence-corrected chi connectivity index (χ3v) is 5.13. The molecule has 0 aliphatic rings. The predicted molar refractivity (Wildman–Crippen MR) is 113 cm³/mol. The van der Waals surface area contributed by atoms with Gasteiger partial charge in [0.05, 0.1) is 16.8 Å². The molecule has 3 nitrogen and oxygen atoms in total. The van der Waals surface area contributed by atoms with Crippen molar-refractivity contribution in [2.24, 2.45) is 11.3 Å². The van der Waals surface area contributed by atoms with Crippen LogP contribution in [0.1, 0.15) is 38.4 Å². The molecule has 1 N–H and O–H groups in total. The van der Waals surface area contributed by atoms with Crippen LogP contribution in [0.3, 0.4) is 0 Å². The highest BCUT2D eigenvalue weighted by molar-refractivity contribution is 5.97. The van der Waals surface area contributed by atoms with Gasteiger partial charge in [-0.05, 0) is 55.5 Å². The van der Waals surface area contributed by atoms with E-state index in [1.165, 1.54) is 18.2 Å². The van der Waals surface area contributed by atoms with Crippen LogP contribution >= 0.6 is 0 Å². The Kier molecular flexibility index (Phi) is 5.96. The van der Waals surface area contributed by atoms with E-state index in [0.717, 1.165) is 5.56 Å². The van der Waals surface area contributed by atoms with Gasteiger partial charge in [0, 0.05) is 5.39 Å². The number of carbonyl (C=O) groups excluding carboxylic acids is 1. The summed E-state index contributed by atoms with van der Waals surface area (Å²) in [5.74, 6) is -0.578. The van der Waals surface area contributed by atoms with Crippen molar-refractivity contribution >= 4 is 22.5 Å². The van der Waals surface area contributed by atoms with Crippen molar-refractivity contribution in [1.82, 2.24) is 4.98 Å². The lowest BCUT2D eigenvalue weighted by atomic mass is 9.76. The average molecular weight is 396 g/mol. The summed E-state index contributed by atoms with van der Waals surface area (Å²) in [6, 6.07) is 12.9. The minimum Gasteiger partial charge on any atom is -0.324 e. The van der Waals surface area contributed by atoms with Crippen molar-refractivity contribution in [3.05, 3.63) is 71.4 Å². The van der Waals surface area contributed by atoms with E-state index in [1.54, 1.807) is 31.2 Å². The summed E-state index contributed by atoms with van der Waals surface area (Å²) in [7, 11) is 0. The molecular formula is C24H26F2N2O. The van der Waals surface area contributed by atoms with Crippen molar-refractivity contribution in [3.63, 3.8) is 0 Å². The summed E-state index contributed by atoms with van der Waals surface area (Å²) < 4.78 is 27.6. The minimum absolute atomic E-state index is 0.156. The number of hydrogen-bond donors (Lipinski definition) is 1. The molecule has 29 heavy (non-hydrogen) atoms. The Bertz CT molecular complexity index is 1050. The first-order chi connectivity index (χ1) is 13.7. The minimum atomic E-state index is -0.731. The Morgan fingerprint density at radius 1 is 1.14 bits per heavy atom. The van der Waals surface area contributed by atoms with E-state index < -0.39 is 5.41 Å². The maximum atomic E-state index is 14.0. The Balaban J connectivity index is 1.92. The number of anilines is 1. The number of nitrogens with zero attached hydrogens (tertiary/aromatic N) is 1. The molecule has 5 heteroatoms. The van der Waals surface area contributed by atoms with E-state index in [4.69, 9.17) is 0 Å². The third-order valence-electron chi connectivity index (χ3n) is 5.13. The van der Waals surface area contributed by atoms with Crippen LogP contribution < -0.4 is 5.32 Å². The molecule has 0 aliphatic heterocycles. The Morgan fingerprint density at radius 3 is 2.55 bits per heavy atom. The van der Waals surface area contributed by atoms with Gasteiger partial charge < -0.3 is 5.32 Å². The van der Waals surface area contributed by atoms with E-state index in [2.05, 4.69) is 24.1 Å². The van der Waals surface area contributed by atoms with Gasteiger partial charge in [-0.2, -0.15) is 0 Å². The monoisotopic (exact) mass is 396 g/mol. The van der Waals surface area contributed by atoms with Gasteiger partial charge in [-0.25, -0.2) is 13.8 Å². The standard InChI is InChI=1S/C24H26F2N2O/c1-15(2)13-24(4,14-17-7-5-9-19(25)11-17)23(29)28-21-12-18-8-6-10-20(26)22(18)27-16(21)3/h5-12,15H,13-14H2,1-4H3,(H,28,29)/t24-/m0/s1. The number of rotatable bonds is 6. The fraction of sp³-hybridized carbons (Fsp3) is 0.333. The van der Waals surface area contributed by atoms with Crippen LogP contribution in [0.5, 0.6) is 0 Å². The maximum absolute atomic E-state index is 14.0. The van der Waals surface area contributed by atoms with Crippen molar-refractivity contribution in [3.8, 4) is 0 Å². The van der Waals surface area contributed by atoms with Gasteiger partial charge in [-0.15, -0.1) is 0 Å². The fourth-order valence-corrected chi connectivity index (χ4v) is 3.90. The van der Waals surface area contributed by atoms with E-state index in [1.807, 2.05) is 13.0 Å². The van der Waals surface area contributed by atoms with Crippen molar-refractivity contribution in [2.75, 3.05) is 5.32 Å². The molecule has 1 heterocycles. The average Bonchev–Trinajstić information content (AvgIpc) is 2.62. The molecule has 152 valence electrons. The van der Waals surface area contributed by atoms with Gasteiger partial charge in [0.1, 0.15) is 17.2 Å². The smallest absolute Gasteiger partial charge is 0.230 e. The Labute approximate surface area is 170 Å². The predicted octanol–water partition coefficient (Wildman–Crippen LogP) is 6.06. The summed E-state index contributed by atoms with van der Waals surface area (Å²) in [4.78, 5) is 17.6. The lowest BCUT2D eigenvalue weighted by Crippen LogP contribution is -2.37. The van der Waals surface area contributed by atoms with Crippen molar-refractivity contribution < 1.29 is 13.6 Å². The molecule has 1 aromatic heterocycles. The van der Waals surface area contributed by atoms with Crippen molar-refractivity contribution in [2.45, 2.75) is 40.5 Å². The van der Waals surface area contributed by atoms with Crippen LogP contribution in [0, 0.1) is 29.9 Å². The topological polar surface area (TPSA) is 42.0 Å². The molecule has 0 unspecified atom stereocenters. The molecule has 0 saturated heterocycles. The van der Waals surface area contributed by atoms with Crippen LogP contribution in [0.4, 0.5) is 14.5 Å². The number of nitrogens with one attached hydrogen (secondary N) is 1. The molecular weight excluding hydrogens is 370 g/mol. The summed E-state index contributed by atoms with van der Waals surface area (Å²) in [6.07, 6.45) is 1.06. The quantitative estimate of drug-likeness (QED) is 0.551. The number of amides is 1. The number of benzene rings is 2. The number of hydrogen-bond acceptors (Lipinski definition) is 2. The molecule has 0 saturated carbocycles. The Morgan fingerprint density at radius 2 is 1.86 bits per heavy atom. The molecule has 0 fully saturated rings. The largest absolute Gasteiger partial charge is 0.324 e. The number of pyridine rings is 1. The number of aryl methyl sites for hydroxylation is 1. The lowest BCUT2D eigenvalue weighted by Gasteiger charge is -2.30. The van der Waals surface area contributed by atoms with Crippen LogP contribution in [0.15, 0.2) is 48.5 Å². The highest BCUT2D eigenvalue weighted by atomic mass is 19.1. The first-order valence-corrected chi connectivity index (χ1v) is 9.80. The summed E-state index contributed by atoms with van der Waals surface area (Å²) in [5.41, 5.74) is 1.44. The van der Waals surface area contributed by atoms with Gasteiger partial charge in [-0.3, -0.25) is 4.79 Å². The number of para-hydroxylation sites is 1. The highest BCUT2D eigenvalue weighted by Crippen LogP contribution is 2.33. The van der Waals surface area contributed by atoms with Gasteiger partial charge >= 0.3 is 0 Å². The molecule has 0 spiro atoms. The zero-order valence-electron chi connectivity index (χ0n) is 17.2. The van der Waals surface area contributed by atoms with E-state index >= 15 is 0 Å². The van der Waals surface area contributed by atoms with E-state index in [-0.39, 0.29) is 29.0 Å². The van der Waals surface area contributed by atoms with E-state index in [9.17, 15) is 13.6 Å². The van der Waals surface area contributed by atoms with Gasteiger partial charge in [-0.1, -0.05) is 45.0 Å². The first-order valence-electron chi connectivity index (χ1n) is 9.80. The van der Waals surface area contributed by atoms with Gasteiger partial charge in [0.15, 0.2) is 0 Å². The molecule has 2 aromatic carbocycles. The normalized spacial score (nSPS) is 13.5. The van der Waals surface area contributed by atoms with Crippen LogP contribution in [-0.2, 0) is 11.2 Å². The second-order valence-corrected chi connectivity index (χ2v) is 8.35. The number of halogens is 2. The highest BCUT2D eigenvalue weighted by Gasteiger charge is 2.34. The molecule has 1 amide bonds. The Hall–Kier alpha value is -2.82. The third kappa shape index (κ3) is 4.78. The first kappa shape index (κ1) is 20.9. The van der Waals surface area contributed by atoms with E-state index in [0.29, 0.717) is 29.6 Å². The summed E-state index contributed by atoms with van der Waals surface area (Å²) in [5, 5.41) is 3.61. The molecule has 0 bridgehead atoms. The zero-order chi connectivity index (χ0) is 21.2. The second kappa shape index (κ2) is 8.27. The van der Waals surface area contributed by atoms with Crippen LogP contribution in [0.2, 0.25) is 0 Å². The summed E-state index contributed by atoms with van der Waals surface area (Å²) in [6.45, 7) is 7.76. The number of carbonyl (C=O) groups is 1. The summed E-state index contributed by atoms with van der Waals surface area (Å²) >= 11 is 0. The molecule has 3 aromatic rings. The number of fused-ring (bicyclic) bond motifs is 1. The van der Waals surface area contributed by atoms with Gasteiger partial charge in [0.2, 0.25) is 5.91 Å². The van der Waals surface area contributed by atoms with Gasteiger partial charge in [0.25, 0.3) is 0 Å². The number of aromatic nitrogens is 1.